The summed E-state index contributed by atoms with van der Waals surface area (Å²) in [6.45, 7) is 10.0. The van der Waals surface area contributed by atoms with Crippen molar-refractivity contribution in [1.82, 2.24) is 0 Å². The van der Waals surface area contributed by atoms with E-state index in [1.165, 1.54) is 0 Å². The van der Waals surface area contributed by atoms with E-state index < -0.39 is 0 Å². The molecule has 0 spiro atoms. The number of benzene rings is 1. The van der Waals surface area contributed by atoms with Crippen LogP contribution < -0.4 is 9.47 Å². The summed E-state index contributed by atoms with van der Waals surface area (Å²) in [5, 5.41) is 0. The number of hydrogen-bond acceptors (Lipinski definition) is 2. The number of rotatable bonds is 4. The van der Waals surface area contributed by atoms with E-state index in [2.05, 4.69) is 6.07 Å². The molecule has 0 saturated heterocycles. The highest BCUT2D eigenvalue weighted by molar-refractivity contribution is 5.36. The largest absolute Gasteiger partial charge is 0.491 e. The smallest absolute Gasteiger partial charge is 0.131 e. The molecule has 1 aromatic rings. The van der Waals surface area contributed by atoms with E-state index in [9.17, 15) is 0 Å². The number of hydrogen-bond donors (Lipinski definition) is 0. The van der Waals surface area contributed by atoms with Gasteiger partial charge in [-0.3, -0.25) is 0 Å². The topological polar surface area (TPSA) is 18.5 Å². The summed E-state index contributed by atoms with van der Waals surface area (Å²) < 4.78 is 11.2. The van der Waals surface area contributed by atoms with Gasteiger partial charge in [-0.15, -0.1) is 0 Å². The molecule has 0 aromatic heterocycles. The quantitative estimate of drug-likeness (QED) is 0.753. The molecule has 0 aliphatic carbocycles. The van der Waals surface area contributed by atoms with E-state index >= 15 is 0 Å². The molecule has 0 aliphatic rings. The fraction of sp³-hybridized carbons (Fsp3) is 0.538. The van der Waals surface area contributed by atoms with Crippen molar-refractivity contribution in [2.75, 3.05) is 0 Å². The highest BCUT2D eigenvalue weighted by Crippen LogP contribution is 2.23. The van der Waals surface area contributed by atoms with Gasteiger partial charge >= 0.3 is 0 Å². The Balaban J connectivity index is 2.84. The molecule has 1 aromatic carbocycles. The molecule has 0 bridgehead atoms. The van der Waals surface area contributed by atoms with Crippen LogP contribution in [-0.2, 0) is 0 Å². The van der Waals surface area contributed by atoms with Crippen LogP contribution in [0, 0.1) is 13.0 Å². The van der Waals surface area contributed by atoms with Crippen LogP contribution in [0.15, 0.2) is 12.1 Å². The lowest BCUT2D eigenvalue weighted by Crippen LogP contribution is -2.08. The van der Waals surface area contributed by atoms with Gasteiger partial charge in [-0.25, -0.2) is 0 Å². The van der Waals surface area contributed by atoms with Crippen LogP contribution in [-0.4, -0.2) is 12.2 Å². The Morgan fingerprint density at radius 1 is 1.00 bits per heavy atom. The van der Waals surface area contributed by atoms with Crippen molar-refractivity contribution in [3.63, 3.8) is 0 Å². The molecule has 0 atom stereocenters. The van der Waals surface area contributed by atoms with Crippen LogP contribution in [0.1, 0.15) is 33.3 Å². The lowest BCUT2D eigenvalue weighted by Gasteiger charge is -2.14. The summed E-state index contributed by atoms with van der Waals surface area (Å²) in [7, 11) is 0. The molecule has 0 fully saturated rings. The lowest BCUT2D eigenvalue weighted by atomic mass is 10.2. The fourth-order valence-electron chi connectivity index (χ4n) is 1.31. The highest BCUT2D eigenvalue weighted by Gasteiger charge is 2.04. The molecule has 0 amide bonds. The molecule has 0 saturated carbocycles. The van der Waals surface area contributed by atoms with Crippen LogP contribution in [0.4, 0.5) is 0 Å². The third kappa shape index (κ3) is 4.24. The van der Waals surface area contributed by atoms with Gasteiger partial charge in [0.1, 0.15) is 11.5 Å². The molecule has 0 N–H and O–H groups in total. The van der Waals surface area contributed by atoms with Crippen molar-refractivity contribution in [2.24, 2.45) is 0 Å². The van der Waals surface area contributed by atoms with Crippen LogP contribution in [0.5, 0.6) is 11.5 Å². The van der Waals surface area contributed by atoms with Crippen molar-refractivity contribution in [2.45, 2.75) is 46.8 Å². The third-order valence-corrected chi connectivity index (χ3v) is 1.69. The molecule has 1 rings (SSSR count). The van der Waals surface area contributed by atoms with E-state index in [1.807, 2.05) is 46.8 Å². The number of ether oxygens (including phenoxy) is 2. The summed E-state index contributed by atoms with van der Waals surface area (Å²) in [6, 6.07) is 7.00. The van der Waals surface area contributed by atoms with Crippen molar-refractivity contribution in [3.8, 4) is 11.5 Å². The lowest BCUT2D eigenvalue weighted by molar-refractivity contribution is 0.228. The second-order valence-corrected chi connectivity index (χ2v) is 4.20. The van der Waals surface area contributed by atoms with Crippen LogP contribution >= 0.6 is 0 Å². The molecule has 0 heterocycles. The maximum absolute atomic E-state index is 5.62. The Morgan fingerprint density at radius 3 is 2.13 bits per heavy atom. The predicted octanol–water partition coefficient (Wildman–Crippen LogP) is 3.37. The molecule has 2 heteroatoms. The normalized spacial score (nSPS) is 10.9. The molecule has 1 radical (unpaired) electrons. The first kappa shape index (κ1) is 11.9. The van der Waals surface area contributed by atoms with Gasteiger partial charge in [-0.1, -0.05) is 0 Å². The summed E-state index contributed by atoms with van der Waals surface area (Å²) in [4.78, 5) is 0. The maximum atomic E-state index is 5.62. The molecular formula is C13H19O2. The van der Waals surface area contributed by atoms with Crippen molar-refractivity contribution >= 4 is 0 Å². The SMILES string of the molecule is Cc1[c]c(OC(C)C)cc(OC(C)C)c1. The average Bonchev–Trinajstić information content (AvgIpc) is 1.98. The van der Waals surface area contributed by atoms with E-state index in [-0.39, 0.29) is 12.2 Å². The minimum Gasteiger partial charge on any atom is -0.491 e. The van der Waals surface area contributed by atoms with Crippen LogP contribution in [0.2, 0.25) is 0 Å². The Morgan fingerprint density at radius 2 is 1.60 bits per heavy atom. The van der Waals surface area contributed by atoms with Gasteiger partial charge in [0.25, 0.3) is 0 Å². The van der Waals surface area contributed by atoms with Gasteiger partial charge in [0, 0.05) is 12.1 Å². The molecule has 0 unspecified atom stereocenters. The fourth-order valence-corrected chi connectivity index (χ4v) is 1.31. The van der Waals surface area contributed by atoms with E-state index in [0.29, 0.717) is 0 Å². The Hall–Kier alpha value is -1.18. The highest BCUT2D eigenvalue weighted by atomic mass is 16.5. The molecule has 0 aliphatic heterocycles. The first-order chi connectivity index (χ1) is 6.97. The van der Waals surface area contributed by atoms with E-state index in [4.69, 9.17) is 9.47 Å². The monoisotopic (exact) mass is 207 g/mol. The third-order valence-electron chi connectivity index (χ3n) is 1.69. The van der Waals surface area contributed by atoms with Gasteiger partial charge in [-0.2, -0.15) is 0 Å². The van der Waals surface area contributed by atoms with Gasteiger partial charge in [0.15, 0.2) is 0 Å². The number of aryl methyl sites for hydroxylation is 1. The zero-order valence-electron chi connectivity index (χ0n) is 10.1. The average molecular weight is 207 g/mol. The first-order valence-electron chi connectivity index (χ1n) is 5.34. The summed E-state index contributed by atoms with van der Waals surface area (Å²) in [5.41, 5.74) is 1.03. The maximum Gasteiger partial charge on any atom is 0.131 e. The second-order valence-electron chi connectivity index (χ2n) is 4.20. The van der Waals surface area contributed by atoms with Crippen molar-refractivity contribution in [1.29, 1.82) is 0 Å². The van der Waals surface area contributed by atoms with Gasteiger partial charge < -0.3 is 9.47 Å². The standard InChI is InChI=1S/C13H19O2/c1-9(2)14-12-6-11(5)7-13(8-12)15-10(3)4/h6,8-10H,1-5H3. The second kappa shape index (κ2) is 5.06. The minimum atomic E-state index is 0.162. The predicted molar refractivity (Wildman–Crippen MR) is 61.5 cm³/mol. The Labute approximate surface area is 92.2 Å². The summed E-state index contributed by atoms with van der Waals surface area (Å²) in [6.07, 6.45) is 0.341. The van der Waals surface area contributed by atoms with Crippen LogP contribution in [0.25, 0.3) is 0 Å². The van der Waals surface area contributed by atoms with Gasteiger partial charge in [-0.05, 0) is 46.2 Å². The first-order valence-corrected chi connectivity index (χ1v) is 5.34. The Bertz CT molecular complexity index is 288. The zero-order chi connectivity index (χ0) is 11.4. The Kier molecular flexibility index (Phi) is 4.01. The molecular weight excluding hydrogens is 188 g/mol. The summed E-state index contributed by atoms with van der Waals surface area (Å²) >= 11 is 0. The molecule has 15 heavy (non-hydrogen) atoms. The molecule has 2 nitrogen and oxygen atoms in total. The van der Waals surface area contributed by atoms with Crippen molar-refractivity contribution < 1.29 is 9.47 Å². The van der Waals surface area contributed by atoms with Crippen LogP contribution in [0.3, 0.4) is 0 Å². The van der Waals surface area contributed by atoms with Crippen molar-refractivity contribution in [3.05, 3.63) is 23.8 Å². The van der Waals surface area contributed by atoms with Gasteiger partial charge in [0.05, 0.1) is 12.2 Å². The van der Waals surface area contributed by atoms with E-state index in [1.54, 1.807) is 0 Å². The summed E-state index contributed by atoms with van der Waals surface area (Å²) in [5.74, 6) is 1.59. The zero-order valence-corrected chi connectivity index (χ0v) is 10.1. The minimum absolute atomic E-state index is 0.162. The van der Waals surface area contributed by atoms with E-state index in [0.717, 1.165) is 17.1 Å². The molecule has 83 valence electrons. The van der Waals surface area contributed by atoms with Gasteiger partial charge in [0.2, 0.25) is 0 Å².